The van der Waals surface area contributed by atoms with E-state index in [1.807, 2.05) is 7.05 Å². The van der Waals surface area contributed by atoms with Crippen molar-refractivity contribution < 1.29 is 4.74 Å². The Labute approximate surface area is 121 Å². The van der Waals surface area contributed by atoms with Crippen molar-refractivity contribution in [3.05, 3.63) is 16.1 Å². The van der Waals surface area contributed by atoms with Crippen molar-refractivity contribution in [3.63, 3.8) is 0 Å². The van der Waals surface area contributed by atoms with Gasteiger partial charge in [0.1, 0.15) is 5.01 Å². The average molecular weight is 285 g/mol. The van der Waals surface area contributed by atoms with Crippen LogP contribution in [0.3, 0.4) is 0 Å². The largest absolute Gasteiger partial charge is 0.374 e. The van der Waals surface area contributed by atoms with Crippen LogP contribution in [-0.2, 0) is 17.9 Å². The minimum atomic E-state index is 0.560. The molecule has 0 radical (unpaired) electrons. The number of aromatic nitrogens is 1. The molecule has 0 atom stereocenters. The van der Waals surface area contributed by atoms with Gasteiger partial charge in [-0.3, -0.25) is 4.90 Å². The molecule has 0 unspecified atom stereocenters. The second-order valence-electron chi connectivity index (χ2n) is 5.24. The third-order valence-electron chi connectivity index (χ3n) is 3.00. The summed E-state index contributed by atoms with van der Waals surface area (Å²) in [6, 6.07) is 1.12. The van der Waals surface area contributed by atoms with Crippen LogP contribution in [0.2, 0.25) is 0 Å². The normalized spacial score (nSPS) is 12.0. The summed E-state index contributed by atoms with van der Waals surface area (Å²) in [5.74, 6) is 0. The summed E-state index contributed by atoms with van der Waals surface area (Å²) >= 11 is 1.68. The highest BCUT2D eigenvalue weighted by molar-refractivity contribution is 7.09. The number of hydrogen-bond acceptors (Lipinski definition) is 5. The highest BCUT2D eigenvalue weighted by Crippen LogP contribution is 2.10. The Morgan fingerprint density at radius 3 is 2.58 bits per heavy atom. The van der Waals surface area contributed by atoms with Crippen LogP contribution in [-0.4, -0.2) is 42.2 Å². The van der Waals surface area contributed by atoms with Crippen LogP contribution in [0, 0.1) is 0 Å². The van der Waals surface area contributed by atoms with E-state index in [-0.39, 0.29) is 0 Å². The molecule has 0 bridgehead atoms. The van der Waals surface area contributed by atoms with E-state index >= 15 is 0 Å². The highest BCUT2D eigenvalue weighted by atomic mass is 32.1. The smallest absolute Gasteiger partial charge is 0.107 e. The molecule has 19 heavy (non-hydrogen) atoms. The minimum Gasteiger partial charge on any atom is -0.374 e. The zero-order chi connectivity index (χ0) is 14.3. The van der Waals surface area contributed by atoms with Crippen LogP contribution in [0.15, 0.2) is 5.38 Å². The zero-order valence-corrected chi connectivity index (χ0v) is 13.6. The standard InChI is InChI=1S/C14H27N3OS/c1-11(2)17(12(3)4)6-7-18-9-13-10-19-14(16-13)8-15-5/h10-12,15H,6-9H2,1-5H3. The van der Waals surface area contributed by atoms with Crippen LogP contribution in [0.1, 0.15) is 38.4 Å². The van der Waals surface area contributed by atoms with Gasteiger partial charge in [-0.05, 0) is 34.7 Å². The van der Waals surface area contributed by atoms with E-state index in [4.69, 9.17) is 4.74 Å². The summed E-state index contributed by atoms with van der Waals surface area (Å²) in [5.41, 5.74) is 1.04. The van der Waals surface area contributed by atoms with Crippen molar-refractivity contribution >= 4 is 11.3 Å². The molecular formula is C14H27N3OS. The molecule has 0 saturated heterocycles. The monoisotopic (exact) mass is 285 g/mol. The van der Waals surface area contributed by atoms with Gasteiger partial charge in [-0.1, -0.05) is 0 Å². The van der Waals surface area contributed by atoms with E-state index in [1.54, 1.807) is 11.3 Å². The fourth-order valence-corrected chi connectivity index (χ4v) is 2.90. The molecule has 0 amide bonds. The quantitative estimate of drug-likeness (QED) is 0.707. The Balaban J connectivity index is 2.25. The van der Waals surface area contributed by atoms with Gasteiger partial charge in [0, 0.05) is 30.6 Å². The van der Waals surface area contributed by atoms with Crippen molar-refractivity contribution in [1.29, 1.82) is 0 Å². The lowest BCUT2D eigenvalue weighted by molar-refractivity contribution is 0.0687. The van der Waals surface area contributed by atoms with Gasteiger partial charge in [-0.25, -0.2) is 4.98 Å². The second kappa shape index (κ2) is 8.64. The van der Waals surface area contributed by atoms with E-state index in [2.05, 4.69) is 48.3 Å². The van der Waals surface area contributed by atoms with Crippen LogP contribution in [0.5, 0.6) is 0 Å². The molecule has 0 fully saturated rings. The lowest BCUT2D eigenvalue weighted by Gasteiger charge is -2.30. The molecule has 0 saturated carbocycles. The molecule has 1 aromatic heterocycles. The Bertz CT molecular complexity index is 344. The molecule has 0 spiro atoms. The maximum Gasteiger partial charge on any atom is 0.107 e. The Morgan fingerprint density at radius 2 is 2.00 bits per heavy atom. The number of thiazole rings is 1. The number of nitrogens with one attached hydrogen (secondary N) is 1. The number of hydrogen-bond donors (Lipinski definition) is 1. The maximum absolute atomic E-state index is 5.72. The first kappa shape index (κ1) is 16.6. The molecule has 1 aromatic rings. The van der Waals surface area contributed by atoms with E-state index in [0.29, 0.717) is 18.7 Å². The molecule has 0 aliphatic heterocycles. The van der Waals surface area contributed by atoms with Crippen LogP contribution in [0.25, 0.3) is 0 Å². The number of rotatable bonds is 9. The summed E-state index contributed by atoms with van der Waals surface area (Å²) in [6.45, 7) is 12.1. The number of nitrogens with zero attached hydrogens (tertiary/aromatic N) is 2. The molecule has 1 rings (SSSR count). The lowest BCUT2D eigenvalue weighted by atomic mass is 10.2. The molecule has 5 heteroatoms. The fraction of sp³-hybridized carbons (Fsp3) is 0.786. The van der Waals surface area contributed by atoms with E-state index in [1.165, 1.54) is 0 Å². The summed E-state index contributed by atoms with van der Waals surface area (Å²) in [5, 5.41) is 6.30. The molecule has 0 aliphatic rings. The van der Waals surface area contributed by atoms with Gasteiger partial charge in [-0.2, -0.15) is 0 Å². The summed E-state index contributed by atoms with van der Waals surface area (Å²) in [4.78, 5) is 6.94. The molecular weight excluding hydrogens is 258 g/mol. The van der Waals surface area contributed by atoms with Crippen molar-refractivity contribution in [2.45, 2.75) is 52.9 Å². The predicted molar refractivity (Wildman–Crippen MR) is 81.5 cm³/mol. The highest BCUT2D eigenvalue weighted by Gasteiger charge is 2.12. The second-order valence-corrected chi connectivity index (χ2v) is 6.18. The van der Waals surface area contributed by atoms with E-state index in [9.17, 15) is 0 Å². The van der Waals surface area contributed by atoms with Crippen LogP contribution >= 0.6 is 11.3 Å². The van der Waals surface area contributed by atoms with Crippen molar-refractivity contribution in [2.75, 3.05) is 20.2 Å². The summed E-state index contributed by atoms with van der Waals surface area (Å²) < 4.78 is 5.72. The van der Waals surface area contributed by atoms with Gasteiger partial charge in [0.05, 0.1) is 18.9 Å². The first-order valence-electron chi connectivity index (χ1n) is 6.96. The van der Waals surface area contributed by atoms with Gasteiger partial charge >= 0.3 is 0 Å². The summed E-state index contributed by atoms with van der Waals surface area (Å²) in [6.07, 6.45) is 0. The molecule has 4 nitrogen and oxygen atoms in total. The van der Waals surface area contributed by atoms with E-state index in [0.717, 1.165) is 30.4 Å². The van der Waals surface area contributed by atoms with Crippen molar-refractivity contribution in [2.24, 2.45) is 0 Å². The molecule has 1 heterocycles. The third-order valence-corrected chi connectivity index (χ3v) is 3.90. The van der Waals surface area contributed by atoms with Crippen molar-refractivity contribution in [1.82, 2.24) is 15.2 Å². The van der Waals surface area contributed by atoms with E-state index < -0.39 is 0 Å². The van der Waals surface area contributed by atoms with Gasteiger partial charge in [0.2, 0.25) is 0 Å². The lowest BCUT2D eigenvalue weighted by Crippen LogP contribution is -2.39. The zero-order valence-electron chi connectivity index (χ0n) is 12.8. The Morgan fingerprint density at radius 1 is 1.32 bits per heavy atom. The first-order chi connectivity index (χ1) is 9.04. The maximum atomic E-state index is 5.72. The first-order valence-corrected chi connectivity index (χ1v) is 7.84. The molecule has 110 valence electrons. The van der Waals surface area contributed by atoms with Crippen LogP contribution in [0.4, 0.5) is 0 Å². The SMILES string of the molecule is CNCc1nc(COCCN(C(C)C)C(C)C)cs1. The Hall–Kier alpha value is -0.490. The molecule has 0 aromatic carbocycles. The molecule has 1 N–H and O–H groups in total. The van der Waals surface area contributed by atoms with Gasteiger partial charge in [-0.15, -0.1) is 11.3 Å². The van der Waals surface area contributed by atoms with Crippen LogP contribution < -0.4 is 5.32 Å². The average Bonchev–Trinajstić information content (AvgIpc) is 2.76. The van der Waals surface area contributed by atoms with Crippen molar-refractivity contribution in [3.8, 4) is 0 Å². The fourth-order valence-electron chi connectivity index (χ4n) is 2.11. The van der Waals surface area contributed by atoms with Gasteiger partial charge < -0.3 is 10.1 Å². The minimum absolute atomic E-state index is 0.560. The third kappa shape index (κ3) is 5.99. The van der Waals surface area contributed by atoms with Gasteiger partial charge in [0.25, 0.3) is 0 Å². The number of ether oxygens (including phenoxy) is 1. The predicted octanol–water partition coefficient (Wildman–Crippen LogP) is 2.50. The summed E-state index contributed by atoms with van der Waals surface area (Å²) in [7, 11) is 1.93. The topological polar surface area (TPSA) is 37.4 Å². The molecule has 0 aliphatic carbocycles. The van der Waals surface area contributed by atoms with Gasteiger partial charge in [0.15, 0.2) is 0 Å². The Kier molecular flexibility index (Phi) is 7.53.